The summed E-state index contributed by atoms with van der Waals surface area (Å²) < 4.78 is 83.3. The van der Waals surface area contributed by atoms with Crippen molar-refractivity contribution in [1.82, 2.24) is 24.2 Å². The molecule has 1 aliphatic carbocycles. The third kappa shape index (κ3) is 4.19. The lowest BCUT2D eigenvalue weighted by Crippen LogP contribution is -2.47. The molecule has 5 rings (SSSR count). The van der Waals surface area contributed by atoms with Crippen molar-refractivity contribution in [1.29, 1.82) is 0 Å². The van der Waals surface area contributed by atoms with E-state index in [1.54, 1.807) is 17.7 Å². The Kier molecular flexibility index (Phi) is 5.98. The molecule has 9 nitrogen and oxygen atoms in total. The number of hydrogen-bond donors (Lipinski definition) is 2. The summed E-state index contributed by atoms with van der Waals surface area (Å²) in [6, 6.07) is 6.56. The predicted molar refractivity (Wildman–Crippen MR) is 128 cm³/mol. The molecule has 0 radical (unpaired) electrons. The van der Waals surface area contributed by atoms with Crippen LogP contribution >= 0.6 is 0 Å². The predicted octanol–water partition coefficient (Wildman–Crippen LogP) is 3.66. The van der Waals surface area contributed by atoms with Crippen LogP contribution in [-0.2, 0) is 16.4 Å². The molecular formula is C24H20F4N6O3S. The van der Waals surface area contributed by atoms with Gasteiger partial charge >= 0.3 is 6.18 Å². The van der Waals surface area contributed by atoms with E-state index in [2.05, 4.69) is 15.0 Å². The maximum atomic E-state index is 14.8. The molecule has 0 unspecified atom stereocenters. The van der Waals surface area contributed by atoms with Gasteiger partial charge in [-0.05, 0) is 55.2 Å². The standard InChI is InChI=1S/C24H20F4N6O3S/c1-2-13-10-18-15(11-16(13)25)19(21(29)35)20(34(18)22-30-8-3-9-31-22)17-5-4-14(12-32-17)38(36,37)33-23(6-7-23)24(26,27)28/h3-5,8-12,33H,2,6-7H2,1H3,(H2,29,35). The Morgan fingerprint density at radius 3 is 2.37 bits per heavy atom. The molecule has 38 heavy (non-hydrogen) atoms. The summed E-state index contributed by atoms with van der Waals surface area (Å²) in [6.07, 6.45) is -1.34. The highest BCUT2D eigenvalue weighted by Crippen LogP contribution is 2.49. The summed E-state index contributed by atoms with van der Waals surface area (Å²) in [4.78, 5) is 24.7. The SMILES string of the molecule is CCc1cc2c(cc1F)c(C(N)=O)c(-c1ccc(S(=O)(=O)NC3(C(F)(F)F)CC3)cn1)n2-c1ncccn1. The van der Waals surface area contributed by atoms with Gasteiger partial charge in [-0.3, -0.25) is 14.3 Å². The number of primary amides is 1. The molecule has 0 saturated heterocycles. The molecular weight excluding hydrogens is 528 g/mol. The minimum absolute atomic E-state index is 0.0387. The van der Waals surface area contributed by atoms with Crippen LogP contribution in [0.4, 0.5) is 17.6 Å². The van der Waals surface area contributed by atoms with E-state index in [0.717, 1.165) is 12.3 Å². The van der Waals surface area contributed by atoms with Crippen molar-refractivity contribution in [2.24, 2.45) is 5.73 Å². The number of pyridine rings is 1. The highest BCUT2D eigenvalue weighted by Gasteiger charge is 2.65. The second kappa shape index (κ2) is 8.84. The molecule has 1 fully saturated rings. The first-order valence-corrected chi connectivity index (χ1v) is 12.9. The summed E-state index contributed by atoms with van der Waals surface area (Å²) in [5.74, 6) is -1.36. The number of nitrogens with zero attached hydrogens (tertiary/aromatic N) is 4. The molecule has 0 bridgehead atoms. The van der Waals surface area contributed by atoms with Crippen LogP contribution < -0.4 is 10.5 Å². The minimum Gasteiger partial charge on any atom is -0.366 e. The summed E-state index contributed by atoms with van der Waals surface area (Å²) in [7, 11) is -4.57. The van der Waals surface area contributed by atoms with E-state index in [4.69, 9.17) is 5.73 Å². The van der Waals surface area contributed by atoms with Crippen molar-refractivity contribution < 1.29 is 30.8 Å². The quantitative estimate of drug-likeness (QED) is 0.339. The lowest BCUT2D eigenvalue weighted by atomic mass is 10.0. The number of aryl methyl sites for hydroxylation is 1. The molecule has 0 aliphatic heterocycles. The zero-order valence-electron chi connectivity index (χ0n) is 19.8. The van der Waals surface area contributed by atoms with Crippen molar-refractivity contribution >= 4 is 26.8 Å². The van der Waals surface area contributed by atoms with Crippen molar-refractivity contribution in [3.63, 3.8) is 0 Å². The number of carbonyl (C=O) groups is 1. The lowest BCUT2D eigenvalue weighted by Gasteiger charge is -2.20. The van der Waals surface area contributed by atoms with Gasteiger partial charge in [0.1, 0.15) is 16.3 Å². The normalized spacial score (nSPS) is 15.1. The molecule has 3 N–H and O–H groups in total. The molecule has 1 saturated carbocycles. The van der Waals surface area contributed by atoms with Gasteiger partial charge in [-0.2, -0.15) is 17.9 Å². The molecule has 3 heterocycles. The summed E-state index contributed by atoms with van der Waals surface area (Å²) in [5, 5.41) is 0.163. The van der Waals surface area contributed by atoms with E-state index in [1.807, 2.05) is 0 Å². The number of carbonyl (C=O) groups excluding carboxylic acids is 1. The van der Waals surface area contributed by atoms with Crippen LogP contribution in [0.2, 0.25) is 0 Å². The van der Waals surface area contributed by atoms with Gasteiger partial charge < -0.3 is 5.73 Å². The molecule has 14 heteroatoms. The van der Waals surface area contributed by atoms with Gasteiger partial charge in [0.2, 0.25) is 16.0 Å². The monoisotopic (exact) mass is 548 g/mol. The number of rotatable bonds is 7. The van der Waals surface area contributed by atoms with Crippen LogP contribution in [0.3, 0.4) is 0 Å². The Morgan fingerprint density at radius 2 is 1.84 bits per heavy atom. The van der Waals surface area contributed by atoms with Crippen LogP contribution in [-0.4, -0.2) is 45.6 Å². The molecule has 0 spiro atoms. The van der Waals surface area contributed by atoms with E-state index < -0.39 is 38.4 Å². The first kappa shape index (κ1) is 25.7. The third-order valence-electron chi connectivity index (χ3n) is 6.43. The average molecular weight is 549 g/mol. The largest absolute Gasteiger partial charge is 0.407 e. The van der Waals surface area contributed by atoms with Crippen molar-refractivity contribution in [3.8, 4) is 17.3 Å². The topological polar surface area (TPSA) is 133 Å². The lowest BCUT2D eigenvalue weighted by molar-refractivity contribution is -0.160. The van der Waals surface area contributed by atoms with E-state index in [9.17, 15) is 30.8 Å². The number of aromatic nitrogens is 4. The fourth-order valence-electron chi connectivity index (χ4n) is 4.29. The zero-order chi connectivity index (χ0) is 27.5. The number of benzene rings is 1. The number of alkyl halides is 3. The fraction of sp³-hybridized carbons (Fsp3) is 0.250. The number of halogens is 4. The highest BCUT2D eigenvalue weighted by molar-refractivity contribution is 7.89. The maximum Gasteiger partial charge on any atom is 0.407 e. The first-order valence-electron chi connectivity index (χ1n) is 11.4. The number of nitrogens with two attached hydrogens (primary N) is 1. The van der Waals surface area contributed by atoms with Gasteiger partial charge in [0.15, 0.2) is 0 Å². The Bertz CT molecular complexity index is 1670. The van der Waals surface area contributed by atoms with Crippen molar-refractivity contribution in [2.45, 2.75) is 42.8 Å². The van der Waals surface area contributed by atoms with Gasteiger partial charge in [0.25, 0.3) is 5.91 Å². The van der Waals surface area contributed by atoms with Gasteiger partial charge in [-0.1, -0.05) is 6.92 Å². The van der Waals surface area contributed by atoms with Gasteiger partial charge in [0.05, 0.1) is 22.5 Å². The average Bonchev–Trinajstić information content (AvgIpc) is 3.58. The second-order valence-electron chi connectivity index (χ2n) is 8.85. The van der Waals surface area contributed by atoms with Gasteiger partial charge in [0, 0.05) is 24.0 Å². The Labute approximate surface area is 213 Å². The number of sulfonamides is 1. The third-order valence-corrected chi connectivity index (χ3v) is 7.95. The van der Waals surface area contributed by atoms with Crippen LogP contribution in [0.15, 0.2) is 53.8 Å². The molecule has 1 amide bonds. The summed E-state index contributed by atoms with van der Waals surface area (Å²) in [5.41, 5.74) is 3.91. The highest BCUT2D eigenvalue weighted by atomic mass is 32.2. The van der Waals surface area contributed by atoms with E-state index in [1.165, 1.54) is 35.2 Å². The van der Waals surface area contributed by atoms with E-state index in [0.29, 0.717) is 17.5 Å². The summed E-state index contributed by atoms with van der Waals surface area (Å²) >= 11 is 0. The fourth-order valence-corrected chi connectivity index (χ4v) is 5.68. The molecule has 0 atom stereocenters. The molecule has 1 aromatic carbocycles. The molecule has 3 aromatic heterocycles. The zero-order valence-corrected chi connectivity index (χ0v) is 20.6. The molecule has 1 aliphatic rings. The van der Waals surface area contributed by atoms with Crippen LogP contribution in [0.5, 0.6) is 0 Å². The Morgan fingerprint density at radius 1 is 1.16 bits per heavy atom. The van der Waals surface area contributed by atoms with Crippen molar-refractivity contribution in [3.05, 3.63) is 65.9 Å². The maximum absolute atomic E-state index is 14.8. The minimum atomic E-state index is -4.74. The smallest absolute Gasteiger partial charge is 0.366 e. The van der Waals surface area contributed by atoms with Gasteiger partial charge in [-0.15, -0.1) is 0 Å². The first-order chi connectivity index (χ1) is 17.9. The van der Waals surface area contributed by atoms with E-state index >= 15 is 0 Å². The van der Waals surface area contributed by atoms with Gasteiger partial charge in [-0.25, -0.2) is 22.8 Å². The Balaban J connectivity index is 1.69. The van der Waals surface area contributed by atoms with Crippen LogP contribution in [0.25, 0.3) is 28.2 Å². The van der Waals surface area contributed by atoms with Crippen molar-refractivity contribution in [2.75, 3.05) is 0 Å². The molecule has 4 aromatic rings. The number of fused-ring (bicyclic) bond motifs is 1. The number of nitrogens with one attached hydrogen (secondary N) is 1. The molecule has 198 valence electrons. The van der Waals surface area contributed by atoms with E-state index in [-0.39, 0.29) is 41.1 Å². The van der Waals surface area contributed by atoms with Crippen LogP contribution in [0.1, 0.15) is 35.7 Å². The van der Waals surface area contributed by atoms with Crippen LogP contribution in [0, 0.1) is 5.82 Å². The number of amides is 1. The number of hydrogen-bond acceptors (Lipinski definition) is 6. The second-order valence-corrected chi connectivity index (χ2v) is 10.5. The Hall–Kier alpha value is -3.91. The summed E-state index contributed by atoms with van der Waals surface area (Å²) in [6.45, 7) is 1.76.